The average Bonchev–Trinajstić information content (AvgIpc) is 2.84. The highest BCUT2D eigenvalue weighted by Gasteiger charge is 2.38. The molecule has 3 rings (SSSR count). The minimum Gasteiger partial charge on any atom is -0.354 e. The van der Waals surface area contributed by atoms with Crippen LogP contribution < -0.4 is 5.32 Å². The molecule has 1 saturated carbocycles. The largest absolute Gasteiger partial charge is 0.354 e. The Bertz CT molecular complexity index is 654. The summed E-state index contributed by atoms with van der Waals surface area (Å²) in [6, 6.07) is 10.4. The summed E-state index contributed by atoms with van der Waals surface area (Å²) < 4.78 is 22.9. The number of rotatable bonds is 6. The third-order valence-corrected chi connectivity index (χ3v) is 8.24. The third kappa shape index (κ3) is 4.10. The lowest BCUT2D eigenvalue weighted by Crippen LogP contribution is -2.46. The van der Waals surface area contributed by atoms with Crippen LogP contribution in [0.25, 0.3) is 0 Å². The van der Waals surface area contributed by atoms with E-state index in [1.54, 1.807) is 0 Å². The summed E-state index contributed by atoms with van der Waals surface area (Å²) in [5, 5.41) is 3.14. The molecule has 1 amide bonds. The quantitative estimate of drug-likeness (QED) is 0.851. The van der Waals surface area contributed by atoms with Crippen molar-refractivity contribution in [1.29, 1.82) is 0 Å². The van der Waals surface area contributed by atoms with Crippen molar-refractivity contribution >= 4 is 27.5 Å². The molecule has 4 nitrogen and oxygen atoms in total. The molecule has 1 saturated heterocycles. The van der Waals surface area contributed by atoms with E-state index in [0.29, 0.717) is 18.7 Å². The Kier molecular flexibility index (Phi) is 5.01. The monoisotopic (exact) mass is 353 g/mol. The van der Waals surface area contributed by atoms with Crippen LogP contribution in [0, 0.1) is 0 Å². The molecular weight excluding hydrogens is 330 g/mol. The van der Waals surface area contributed by atoms with Gasteiger partial charge in [0.15, 0.2) is 9.84 Å². The van der Waals surface area contributed by atoms with Gasteiger partial charge >= 0.3 is 0 Å². The molecule has 0 aromatic heterocycles. The summed E-state index contributed by atoms with van der Waals surface area (Å²) in [6.07, 6.45) is 4.12. The van der Waals surface area contributed by atoms with Gasteiger partial charge in [-0.2, -0.15) is 0 Å². The predicted octanol–water partition coefficient (Wildman–Crippen LogP) is 2.14. The number of nitrogens with one attached hydrogen (secondary N) is 1. The molecule has 0 radical (unpaired) electrons. The van der Waals surface area contributed by atoms with E-state index in [1.807, 2.05) is 18.2 Å². The molecule has 1 N–H and O–H groups in total. The minimum atomic E-state index is -2.86. The Morgan fingerprint density at radius 1 is 1.26 bits per heavy atom. The molecule has 1 aliphatic carbocycles. The number of amides is 1. The number of benzene rings is 1. The second-order valence-corrected chi connectivity index (χ2v) is 10.1. The number of carbonyl (C=O) groups excluding carboxylic acids is 1. The lowest BCUT2D eigenvalue weighted by molar-refractivity contribution is -0.119. The summed E-state index contributed by atoms with van der Waals surface area (Å²) in [5.41, 5.74) is 1.40. The first kappa shape index (κ1) is 16.8. The molecule has 1 atom stereocenters. The molecule has 126 valence electrons. The van der Waals surface area contributed by atoms with Crippen LogP contribution in [-0.2, 0) is 20.0 Å². The maximum atomic E-state index is 12.1. The van der Waals surface area contributed by atoms with Crippen LogP contribution in [0.4, 0.5) is 0 Å². The van der Waals surface area contributed by atoms with Gasteiger partial charge in [-0.1, -0.05) is 36.8 Å². The molecular formula is C17H23NO3S2. The number of sulfone groups is 1. The maximum Gasteiger partial charge on any atom is 0.230 e. The molecule has 2 aliphatic rings. The van der Waals surface area contributed by atoms with Gasteiger partial charge in [0.25, 0.3) is 0 Å². The SMILES string of the molecule is O=C(CS[C@@H]1CCS(=O)(=O)C1)NCC1(c2ccccc2)CCC1. The molecule has 1 aliphatic heterocycles. The standard InChI is InChI=1S/C17H23NO3S2/c19-16(11-22-15-7-10-23(20,21)12-15)18-13-17(8-4-9-17)14-5-2-1-3-6-14/h1-3,5-6,15H,4,7-13H2,(H,18,19)/t15-/m1/s1. The molecule has 6 heteroatoms. The van der Waals surface area contributed by atoms with Gasteiger partial charge in [-0.15, -0.1) is 11.8 Å². The predicted molar refractivity (Wildman–Crippen MR) is 94.5 cm³/mol. The third-order valence-electron chi connectivity index (χ3n) is 4.96. The Labute approximate surface area is 142 Å². The van der Waals surface area contributed by atoms with E-state index < -0.39 is 9.84 Å². The van der Waals surface area contributed by atoms with Gasteiger partial charge in [0.2, 0.25) is 5.91 Å². The minimum absolute atomic E-state index is 0.0153. The van der Waals surface area contributed by atoms with E-state index in [0.717, 1.165) is 12.8 Å². The van der Waals surface area contributed by atoms with Gasteiger partial charge < -0.3 is 5.32 Å². The summed E-state index contributed by atoms with van der Waals surface area (Å²) in [7, 11) is -2.86. The van der Waals surface area contributed by atoms with Crippen molar-refractivity contribution in [2.45, 2.75) is 36.3 Å². The van der Waals surface area contributed by atoms with Crippen molar-refractivity contribution in [2.75, 3.05) is 23.8 Å². The first-order valence-corrected chi connectivity index (χ1v) is 11.0. The van der Waals surface area contributed by atoms with E-state index in [2.05, 4.69) is 17.4 Å². The molecule has 0 unspecified atom stereocenters. The Morgan fingerprint density at radius 3 is 2.57 bits per heavy atom. The number of hydrogen-bond acceptors (Lipinski definition) is 4. The van der Waals surface area contributed by atoms with Gasteiger partial charge in [0, 0.05) is 17.2 Å². The van der Waals surface area contributed by atoms with Crippen LogP contribution in [0.15, 0.2) is 30.3 Å². The van der Waals surface area contributed by atoms with Crippen LogP contribution in [0.2, 0.25) is 0 Å². The summed E-state index contributed by atoms with van der Waals surface area (Å²) in [6.45, 7) is 0.680. The Morgan fingerprint density at radius 2 is 2.00 bits per heavy atom. The zero-order chi connectivity index (χ0) is 16.3. The van der Waals surface area contributed by atoms with E-state index >= 15 is 0 Å². The highest BCUT2D eigenvalue weighted by Crippen LogP contribution is 2.43. The van der Waals surface area contributed by atoms with Crippen molar-refractivity contribution in [3.63, 3.8) is 0 Å². The van der Waals surface area contributed by atoms with Gasteiger partial charge in [-0.3, -0.25) is 4.79 Å². The molecule has 1 aromatic carbocycles. The smallest absolute Gasteiger partial charge is 0.230 e. The number of thioether (sulfide) groups is 1. The van der Waals surface area contributed by atoms with Crippen LogP contribution >= 0.6 is 11.8 Å². The van der Waals surface area contributed by atoms with Crippen molar-refractivity contribution in [3.05, 3.63) is 35.9 Å². The van der Waals surface area contributed by atoms with Crippen LogP contribution in [0.5, 0.6) is 0 Å². The second-order valence-electron chi connectivity index (χ2n) is 6.61. The summed E-state index contributed by atoms with van der Waals surface area (Å²) in [4.78, 5) is 12.1. The summed E-state index contributed by atoms with van der Waals surface area (Å²) >= 11 is 1.48. The highest BCUT2D eigenvalue weighted by atomic mass is 32.2. The fourth-order valence-corrected chi connectivity index (χ4v) is 6.84. The molecule has 2 fully saturated rings. The normalized spacial score (nSPS) is 24.8. The number of hydrogen-bond donors (Lipinski definition) is 1. The van der Waals surface area contributed by atoms with Crippen molar-refractivity contribution in [1.82, 2.24) is 5.32 Å². The molecule has 1 aromatic rings. The average molecular weight is 354 g/mol. The van der Waals surface area contributed by atoms with Gasteiger partial charge in [0.05, 0.1) is 17.3 Å². The van der Waals surface area contributed by atoms with Crippen molar-refractivity contribution in [3.8, 4) is 0 Å². The summed E-state index contributed by atoms with van der Waals surface area (Å²) in [5.74, 6) is 0.856. The van der Waals surface area contributed by atoms with Crippen LogP contribution in [0.1, 0.15) is 31.2 Å². The Hall–Kier alpha value is -1.01. The van der Waals surface area contributed by atoms with Crippen molar-refractivity contribution in [2.24, 2.45) is 0 Å². The van der Waals surface area contributed by atoms with Crippen LogP contribution in [-0.4, -0.2) is 43.4 Å². The maximum absolute atomic E-state index is 12.1. The van der Waals surface area contributed by atoms with Gasteiger partial charge in [-0.25, -0.2) is 8.42 Å². The van der Waals surface area contributed by atoms with Crippen molar-refractivity contribution < 1.29 is 13.2 Å². The number of carbonyl (C=O) groups is 1. The zero-order valence-corrected chi connectivity index (χ0v) is 14.8. The van der Waals surface area contributed by atoms with E-state index in [9.17, 15) is 13.2 Å². The van der Waals surface area contributed by atoms with E-state index in [-0.39, 0.29) is 28.1 Å². The fraction of sp³-hybridized carbons (Fsp3) is 0.588. The molecule has 0 spiro atoms. The van der Waals surface area contributed by atoms with Gasteiger partial charge in [-0.05, 0) is 24.8 Å². The lowest BCUT2D eigenvalue weighted by atomic mass is 9.64. The van der Waals surface area contributed by atoms with Crippen LogP contribution in [0.3, 0.4) is 0 Å². The molecule has 0 bridgehead atoms. The van der Waals surface area contributed by atoms with E-state index in [1.165, 1.54) is 23.7 Å². The molecule has 23 heavy (non-hydrogen) atoms. The van der Waals surface area contributed by atoms with E-state index in [4.69, 9.17) is 0 Å². The van der Waals surface area contributed by atoms with Gasteiger partial charge in [0.1, 0.15) is 0 Å². The second kappa shape index (κ2) is 6.85. The zero-order valence-electron chi connectivity index (χ0n) is 13.2. The first-order valence-electron chi connectivity index (χ1n) is 8.13. The highest BCUT2D eigenvalue weighted by molar-refractivity contribution is 8.02. The molecule has 1 heterocycles. The first-order chi connectivity index (χ1) is 11.0. The Balaban J connectivity index is 1.47. The topological polar surface area (TPSA) is 63.2 Å². The fourth-order valence-electron chi connectivity index (χ4n) is 3.37. The lowest BCUT2D eigenvalue weighted by Gasteiger charge is -2.42.